The van der Waals surface area contributed by atoms with E-state index in [9.17, 15) is 18.0 Å². The first kappa shape index (κ1) is 26.2. The van der Waals surface area contributed by atoms with Crippen molar-refractivity contribution in [1.82, 2.24) is 19.8 Å². The lowest BCUT2D eigenvalue weighted by atomic mass is 9.78. The Morgan fingerprint density at radius 2 is 1.85 bits per heavy atom. The molecule has 2 aliphatic heterocycles. The van der Waals surface area contributed by atoms with Crippen LogP contribution in [0.25, 0.3) is 0 Å². The van der Waals surface area contributed by atoms with Gasteiger partial charge < -0.3 is 15.5 Å². The number of piperidine rings is 1. The summed E-state index contributed by atoms with van der Waals surface area (Å²) in [5.74, 6) is -0.852. The van der Waals surface area contributed by atoms with Crippen LogP contribution in [0, 0.1) is 17.8 Å². The Bertz CT molecular complexity index is 1040. The quantitative estimate of drug-likeness (QED) is 0.639. The predicted octanol–water partition coefficient (Wildman–Crippen LogP) is 2.61. The van der Waals surface area contributed by atoms with Crippen molar-refractivity contribution in [1.29, 1.82) is 0 Å². The molecule has 1 fully saturated rings. The van der Waals surface area contributed by atoms with Gasteiger partial charge in [0.15, 0.2) is 0 Å². The third kappa shape index (κ3) is 6.18. The summed E-state index contributed by atoms with van der Waals surface area (Å²) in [5, 5.41) is 5.62. The van der Waals surface area contributed by atoms with E-state index in [2.05, 4.69) is 50.2 Å². The number of aryl methyl sites for hydroxylation is 1. The van der Waals surface area contributed by atoms with E-state index in [0.717, 1.165) is 35.9 Å². The Kier molecular flexibility index (Phi) is 7.48. The van der Waals surface area contributed by atoms with E-state index in [1.807, 2.05) is 6.92 Å². The first-order valence-corrected chi connectivity index (χ1v) is 13.2. The molecule has 2 aliphatic rings. The van der Waals surface area contributed by atoms with Crippen LogP contribution >= 0.6 is 0 Å². The third-order valence-electron chi connectivity index (χ3n) is 6.37. The second-order valence-corrected chi connectivity index (χ2v) is 13.2. The summed E-state index contributed by atoms with van der Waals surface area (Å²) in [6, 6.07) is 5.22. The zero-order chi connectivity index (χ0) is 25.3. The average molecular weight is 491 g/mol. The van der Waals surface area contributed by atoms with Gasteiger partial charge in [-0.1, -0.05) is 52.3 Å². The number of carbonyl (C=O) groups is 2. The molecule has 0 saturated carbocycles. The number of hydrogen-bond acceptors (Lipinski definition) is 5. The molecule has 1 aromatic rings. The molecule has 0 radical (unpaired) electrons. The van der Waals surface area contributed by atoms with E-state index in [4.69, 9.17) is 0 Å². The van der Waals surface area contributed by atoms with Crippen molar-refractivity contribution >= 4 is 21.8 Å². The minimum absolute atomic E-state index is 0.0550. The lowest BCUT2D eigenvalue weighted by molar-refractivity contribution is -0.130. The fourth-order valence-corrected chi connectivity index (χ4v) is 6.19. The molecule has 2 N–H and O–H groups in total. The van der Waals surface area contributed by atoms with Gasteiger partial charge in [-0.25, -0.2) is 8.42 Å². The number of hydrogen-bond donors (Lipinski definition) is 2. The molecule has 0 bridgehead atoms. The molecule has 0 aromatic heterocycles. The summed E-state index contributed by atoms with van der Waals surface area (Å²) in [5.41, 5.74) is 0.972. The van der Waals surface area contributed by atoms with Crippen LogP contribution in [0.2, 0.25) is 0 Å². The van der Waals surface area contributed by atoms with Crippen molar-refractivity contribution in [3.63, 3.8) is 0 Å². The van der Waals surface area contributed by atoms with Gasteiger partial charge >= 0.3 is 0 Å². The molecule has 8 nitrogen and oxygen atoms in total. The highest BCUT2D eigenvalue weighted by molar-refractivity contribution is 7.89. The molecule has 0 aliphatic carbocycles. The minimum Gasteiger partial charge on any atom is -0.353 e. The number of nitrogens with zero attached hydrogens (tertiary/aromatic N) is 2. The monoisotopic (exact) mass is 490 g/mol. The number of amides is 2. The fourth-order valence-electron chi connectivity index (χ4n) is 4.74. The van der Waals surface area contributed by atoms with Crippen LogP contribution in [-0.2, 0) is 19.6 Å². The van der Waals surface area contributed by atoms with Crippen LogP contribution in [0.1, 0.15) is 53.0 Å². The molecule has 9 heteroatoms. The van der Waals surface area contributed by atoms with Gasteiger partial charge in [0.1, 0.15) is 6.04 Å². The number of carbonyl (C=O) groups excluding carboxylic acids is 2. The van der Waals surface area contributed by atoms with E-state index in [1.165, 1.54) is 24.5 Å². The molecule has 1 saturated heterocycles. The fraction of sp³-hybridized carbons (Fsp3) is 0.600. The van der Waals surface area contributed by atoms with Gasteiger partial charge in [-0.15, -0.1) is 0 Å². The lowest BCUT2D eigenvalue weighted by Crippen LogP contribution is -2.58. The second-order valence-electron chi connectivity index (χ2n) is 11.4. The molecule has 3 rings (SSSR count). The van der Waals surface area contributed by atoms with Gasteiger partial charge in [-0.3, -0.25) is 13.9 Å². The van der Waals surface area contributed by atoms with Crippen molar-refractivity contribution in [2.24, 2.45) is 10.8 Å². The summed E-state index contributed by atoms with van der Waals surface area (Å²) in [6.07, 6.45) is 3.15. The van der Waals surface area contributed by atoms with Gasteiger partial charge in [-0.2, -0.15) is 0 Å². The van der Waals surface area contributed by atoms with Crippen LogP contribution < -0.4 is 10.6 Å². The number of rotatable bonds is 6. The Labute approximate surface area is 203 Å². The van der Waals surface area contributed by atoms with E-state index in [-0.39, 0.29) is 34.1 Å². The van der Waals surface area contributed by atoms with Crippen molar-refractivity contribution < 1.29 is 18.0 Å². The standard InChI is InChI=1S/C25H38N4O4S/c1-18-7-9-19(10-8-18)34(32,33)29-14-12-26-23(31)20(29)15-22(30)27-21-11-13-28(16-24(2,3)4)17-25(21,5)6/h7-10,12,14,20-21H,11,13,15-17H2,1-6H3,(H,26,31)(H,27,30)/t20-,21+/m1/s1. The molecule has 2 heterocycles. The lowest BCUT2D eigenvalue weighted by Gasteiger charge is -2.46. The van der Waals surface area contributed by atoms with Gasteiger partial charge in [0.25, 0.3) is 10.0 Å². The number of nitrogens with one attached hydrogen (secondary N) is 2. The van der Waals surface area contributed by atoms with Gasteiger partial charge in [0, 0.05) is 38.1 Å². The molecule has 2 atom stereocenters. The maximum absolute atomic E-state index is 13.2. The van der Waals surface area contributed by atoms with Crippen LogP contribution in [0.3, 0.4) is 0 Å². The maximum Gasteiger partial charge on any atom is 0.264 e. The Hall–Kier alpha value is -2.39. The molecule has 0 unspecified atom stereocenters. The van der Waals surface area contributed by atoms with Crippen molar-refractivity contribution in [2.45, 2.75) is 71.4 Å². The molecule has 188 valence electrons. The molecular weight excluding hydrogens is 452 g/mol. The normalized spacial score (nSPS) is 23.5. The summed E-state index contributed by atoms with van der Waals surface area (Å²) >= 11 is 0. The number of likely N-dealkylation sites (tertiary alicyclic amines) is 1. The SMILES string of the molecule is Cc1ccc(S(=O)(=O)N2C=CNC(=O)[C@H]2CC(=O)N[C@H]2CCN(CC(C)(C)C)CC2(C)C)cc1. The van der Waals surface area contributed by atoms with Gasteiger partial charge in [0.2, 0.25) is 11.8 Å². The van der Waals surface area contributed by atoms with E-state index < -0.39 is 22.0 Å². The van der Waals surface area contributed by atoms with Crippen molar-refractivity contribution in [3.05, 3.63) is 42.2 Å². The summed E-state index contributed by atoms with van der Waals surface area (Å²) < 4.78 is 27.5. The summed E-state index contributed by atoms with van der Waals surface area (Å²) in [7, 11) is -3.99. The second kappa shape index (κ2) is 9.70. The first-order valence-electron chi connectivity index (χ1n) is 11.8. The highest BCUT2D eigenvalue weighted by Crippen LogP contribution is 2.31. The molecule has 2 amide bonds. The van der Waals surface area contributed by atoms with Crippen molar-refractivity contribution in [2.75, 3.05) is 19.6 Å². The highest BCUT2D eigenvalue weighted by Gasteiger charge is 2.40. The average Bonchev–Trinajstić information content (AvgIpc) is 2.70. The number of benzene rings is 1. The molecule has 1 aromatic carbocycles. The summed E-state index contributed by atoms with van der Waals surface area (Å²) in [4.78, 5) is 28.1. The first-order chi connectivity index (χ1) is 15.7. The Morgan fingerprint density at radius 1 is 1.21 bits per heavy atom. The summed E-state index contributed by atoms with van der Waals surface area (Å²) in [6.45, 7) is 15.5. The van der Waals surface area contributed by atoms with Crippen LogP contribution in [0.5, 0.6) is 0 Å². The third-order valence-corrected chi connectivity index (χ3v) is 8.17. The van der Waals surface area contributed by atoms with E-state index in [1.54, 1.807) is 12.1 Å². The van der Waals surface area contributed by atoms with E-state index in [0.29, 0.717) is 0 Å². The van der Waals surface area contributed by atoms with Gasteiger partial charge in [0.05, 0.1) is 11.3 Å². The zero-order valence-electron chi connectivity index (χ0n) is 21.1. The van der Waals surface area contributed by atoms with Crippen LogP contribution in [-0.4, -0.2) is 61.2 Å². The minimum atomic E-state index is -3.99. The van der Waals surface area contributed by atoms with Crippen LogP contribution in [0.4, 0.5) is 0 Å². The smallest absolute Gasteiger partial charge is 0.264 e. The predicted molar refractivity (Wildman–Crippen MR) is 132 cm³/mol. The maximum atomic E-state index is 13.2. The molecule has 0 spiro atoms. The van der Waals surface area contributed by atoms with Crippen molar-refractivity contribution in [3.8, 4) is 0 Å². The molecule has 34 heavy (non-hydrogen) atoms. The number of sulfonamides is 1. The van der Waals surface area contributed by atoms with Crippen LogP contribution in [0.15, 0.2) is 41.6 Å². The van der Waals surface area contributed by atoms with Gasteiger partial charge in [-0.05, 0) is 36.3 Å². The zero-order valence-corrected chi connectivity index (χ0v) is 21.9. The Balaban J connectivity index is 1.71. The Morgan fingerprint density at radius 3 is 2.44 bits per heavy atom. The highest BCUT2D eigenvalue weighted by atomic mass is 32.2. The topological polar surface area (TPSA) is 98.8 Å². The molecular formula is C25H38N4O4S. The largest absolute Gasteiger partial charge is 0.353 e. The van der Waals surface area contributed by atoms with E-state index >= 15 is 0 Å².